The minimum Gasteiger partial charge on any atom is -0.0622 e. The van der Waals surface area contributed by atoms with Gasteiger partial charge in [0, 0.05) is 0 Å². The Morgan fingerprint density at radius 2 is 0.963 bits per heavy atom. The monoisotopic (exact) mass is 348 g/mol. The second-order valence-corrected chi connectivity index (χ2v) is 7.23. The van der Waals surface area contributed by atoms with Gasteiger partial charge in [0.2, 0.25) is 0 Å². The molecule has 0 radical (unpaired) electrons. The Morgan fingerprint density at radius 3 is 1.56 bits per heavy atom. The van der Waals surface area contributed by atoms with Crippen LogP contribution in [0.5, 0.6) is 0 Å². The number of benzene rings is 4. The average Bonchev–Trinajstić information content (AvgIpc) is 2.72. The van der Waals surface area contributed by atoms with Crippen LogP contribution in [0.1, 0.15) is 16.7 Å². The molecule has 0 heteroatoms. The van der Waals surface area contributed by atoms with Gasteiger partial charge in [-0.3, -0.25) is 0 Å². The van der Waals surface area contributed by atoms with Crippen molar-refractivity contribution >= 4 is 0 Å². The standard InChI is InChI=1S/C27H24/c1-19-14-15-24(16-20(19)2)27-18-25(22-10-6-4-7-11-22)17-26(21(27)3)23-12-8-5-9-13-23/h4-18H,1-3H3. The molecule has 0 unspecified atom stereocenters. The van der Waals surface area contributed by atoms with E-state index in [-0.39, 0.29) is 0 Å². The molecule has 0 aliphatic carbocycles. The fraction of sp³-hybridized carbons (Fsp3) is 0.111. The highest BCUT2D eigenvalue weighted by atomic mass is 14.2. The van der Waals surface area contributed by atoms with Crippen molar-refractivity contribution in [2.24, 2.45) is 0 Å². The lowest BCUT2D eigenvalue weighted by Gasteiger charge is -2.16. The molecule has 0 saturated heterocycles. The zero-order valence-electron chi connectivity index (χ0n) is 16.2. The van der Waals surface area contributed by atoms with Crippen LogP contribution in [0, 0.1) is 20.8 Å². The van der Waals surface area contributed by atoms with E-state index in [1.807, 2.05) is 0 Å². The van der Waals surface area contributed by atoms with Crippen molar-refractivity contribution < 1.29 is 0 Å². The Morgan fingerprint density at radius 1 is 0.407 bits per heavy atom. The predicted octanol–water partition coefficient (Wildman–Crippen LogP) is 7.61. The highest BCUT2D eigenvalue weighted by Crippen LogP contribution is 2.37. The summed E-state index contributed by atoms with van der Waals surface area (Å²) < 4.78 is 0. The Balaban J connectivity index is 1.98. The second kappa shape index (κ2) is 7.25. The van der Waals surface area contributed by atoms with E-state index in [9.17, 15) is 0 Å². The Hall–Kier alpha value is -3.12. The van der Waals surface area contributed by atoms with Gasteiger partial charge in [-0.25, -0.2) is 0 Å². The highest BCUT2D eigenvalue weighted by Gasteiger charge is 2.12. The molecule has 0 bridgehead atoms. The van der Waals surface area contributed by atoms with Crippen LogP contribution in [0.2, 0.25) is 0 Å². The zero-order chi connectivity index (χ0) is 18.8. The van der Waals surface area contributed by atoms with Crippen LogP contribution in [0.15, 0.2) is 91.0 Å². The SMILES string of the molecule is Cc1ccc(-c2cc(-c3ccccc3)cc(-c3ccccc3)c2C)cc1C. The molecule has 27 heavy (non-hydrogen) atoms. The Bertz CT molecular complexity index is 1070. The maximum atomic E-state index is 2.33. The van der Waals surface area contributed by atoms with Gasteiger partial charge in [0.25, 0.3) is 0 Å². The number of rotatable bonds is 3. The molecule has 0 atom stereocenters. The smallest absolute Gasteiger partial charge is 0.0142 e. The molecule has 0 N–H and O–H groups in total. The van der Waals surface area contributed by atoms with Gasteiger partial charge in [0.15, 0.2) is 0 Å². The van der Waals surface area contributed by atoms with Crippen LogP contribution in [0.25, 0.3) is 33.4 Å². The summed E-state index contributed by atoms with van der Waals surface area (Å²) in [5.41, 5.74) is 11.6. The van der Waals surface area contributed by atoms with E-state index in [4.69, 9.17) is 0 Å². The second-order valence-electron chi connectivity index (χ2n) is 7.23. The zero-order valence-corrected chi connectivity index (χ0v) is 16.2. The summed E-state index contributed by atoms with van der Waals surface area (Å²) >= 11 is 0. The fourth-order valence-electron chi connectivity index (χ4n) is 3.64. The van der Waals surface area contributed by atoms with E-state index in [0.717, 1.165) is 0 Å². The molecule has 0 aromatic heterocycles. The van der Waals surface area contributed by atoms with Crippen LogP contribution in [0.4, 0.5) is 0 Å². The third-order valence-electron chi connectivity index (χ3n) is 5.42. The van der Waals surface area contributed by atoms with Gasteiger partial charge in [-0.05, 0) is 83.0 Å². The third-order valence-corrected chi connectivity index (χ3v) is 5.42. The van der Waals surface area contributed by atoms with Crippen molar-refractivity contribution in [3.8, 4) is 33.4 Å². The molecule has 0 heterocycles. The number of hydrogen-bond donors (Lipinski definition) is 0. The lowest BCUT2D eigenvalue weighted by Crippen LogP contribution is -1.92. The van der Waals surface area contributed by atoms with Gasteiger partial charge in [-0.15, -0.1) is 0 Å². The topological polar surface area (TPSA) is 0 Å². The van der Waals surface area contributed by atoms with Crippen LogP contribution < -0.4 is 0 Å². The summed E-state index contributed by atoms with van der Waals surface area (Å²) in [5, 5.41) is 0. The van der Waals surface area contributed by atoms with Gasteiger partial charge in [0.05, 0.1) is 0 Å². The van der Waals surface area contributed by atoms with E-state index in [1.54, 1.807) is 0 Å². The van der Waals surface area contributed by atoms with Crippen LogP contribution in [-0.2, 0) is 0 Å². The Labute approximate surface area is 162 Å². The lowest BCUT2D eigenvalue weighted by atomic mass is 9.88. The summed E-state index contributed by atoms with van der Waals surface area (Å²) in [7, 11) is 0. The van der Waals surface area contributed by atoms with Crippen LogP contribution >= 0.6 is 0 Å². The maximum absolute atomic E-state index is 2.33. The van der Waals surface area contributed by atoms with Crippen molar-refractivity contribution in [1.82, 2.24) is 0 Å². The summed E-state index contributed by atoms with van der Waals surface area (Å²) in [5.74, 6) is 0. The summed E-state index contributed by atoms with van der Waals surface area (Å²) in [6, 6.07) is 32.8. The molecule has 0 saturated carbocycles. The van der Waals surface area contributed by atoms with E-state index < -0.39 is 0 Å². The molecule has 0 amide bonds. The normalized spacial score (nSPS) is 10.8. The quantitative estimate of drug-likeness (QED) is 0.357. The largest absolute Gasteiger partial charge is 0.0622 e. The van der Waals surface area contributed by atoms with Crippen LogP contribution in [0.3, 0.4) is 0 Å². The maximum Gasteiger partial charge on any atom is -0.0142 e. The third kappa shape index (κ3) is 3.44. The van der Waals surface area contributed by atoms with Crippen molar-refractivity contribution in [2.75, 3.05) is 0 Å². The Kier molecular flexibility index (Phi) is 4.64. The van der Waals surface area contributed by atoms with Gasteiger partial charge >= 0.3 is 0 Å². The summed E-state index contributed by atoms with van der Waals surface area (Å²) in [4.78, 5) is 0. The van der Waals surface area contributed by atoms with E-state index in [1.165, 1.54) is 50.1 Å². The first kappa shape index (κ1) is 17.3. The first-order valence-corrected chi connectivity index (χ1v) is 9.46. The van der Waals surface area contributed by atoms with E-state index in [2.05, 4.69) is 112 Å². The highest BCUT2D eigenvalue weighted by molar-refractivity contribution is 5.85. The number of hydrogen-bond acceptors (Lipinski definition) is 0. The molecule has 0 nitrogen and oxygen atoms in total. The molecule has 4 aromatic rings. The van der Waals surface area contributed by atoms with Gasteiger partial charge in [-0.2, -0.15) is 0 Å². The first-order chi connectivity index (χ1) is 13.1. The molecule has 4 rings (SSSR count). The molecule has 0 spiro atoms. The molecule has 0 fully saturated rings. The van der Waals surface area contributed by atoms with E-state index in [0.29, 0.717) is 0 Å². The van der Waals surface area contributed by atoms with Crippen molar-refractivity contribution in [1.29, 1.82) is 0 Å². The van der Waals surface area contributed by atoms with Crippen molar-refractivity contribution in [3.05, 3.63) is 108 Å². The van der Waals surface area contributed by atoms with Crippen molar-refractivity contribution in [2.45, 2.75) is 20.8 Å². The lowest BCUT2D eigenvalue weighted by molar-refractivity contribution is 1.33. The van der Waals surface area contributed by atoms with Gasteiger partial charge < -0.3 is 0 Å². The average molecular weight is 348 g/mol. The number of aryl methyl sites for hydroxylation is 2. The minimum atomic E-state index is 1.25. The fourth-order valence-corrected chi connectivity index (χ4v) is 3.64. The molecule has 4 aromatic carbocycles. The van der Waals surface area contributed by atoms with Gasteiger partial charge in [-0.1, -0.05) is 78.9 Å². The molecule has 132 valence electrons. The first-order valence-electron chi connectivity index (χ1n) is 9.46. The van der Waals surface area contributed by atoms with E-state index >= 15 is 0 Å². The predicted molar refractivity (Wildman–Crippen MR) is 117 cm³/mol. The summed E-state index contributed by atoms with van der Waals surface area (Å²) in [6.45, 7) is 6.59. The molecule has 0 aliphatic rings. The van der Waals surface area contributed by atoms with Crippen molar-refractivity contribution in [3.63, 3.8) is 0 Å². The summed E-state index contributed by atoms with van der Waals surface area (Å²) in [6.07, 6.45) is 0. The molecular formula is C27H24. The molecule has 0 aliphatic heterocycles. The van der Waals surface area contributed by atoms with Crippen LogP contribution in [-0.4, -0.2) is 0 Å². The van der Waals surface area contributed by atoms with Gasteiger partial charge in [0.1, 0.15) is 0 Å². The molecular weight excluding hydrogens is 324 g/mol. The minimum absolute atomic E-state index is 1.25.